The van der Waals surface area contributed by atoms with Crippen LogP contribution in [0.3, 0.4) is 0 Å². The molecule has 2 aromatic rings. The van der Waals surface area contributed by atoms with Gasteiger partial charge >= 0.3 is 6.09 Å². The van der Waals surface area contributed by atoms with Crippen LogP contribution >= 0.6 is 0 Å². The zero-order valence-electron chi connectivity index (χ0n) is 12.5. The second-order valence-electron chi connectivity index (χ2n) is 5.61. The first kappa shape index (κ1) is 15.0. The molecule has 0 spiro atoms. The van der Waals surface area contributed by atoms with E-state index in [9.17, 15) is 4.79 Å². The van der Waals surface area contributed by atoms with Gasteiger partial charge in [-0.15, -0.1) is 0 Å². The number of hydrogen-bond donors (Lipinski definition) is 1. The average Bonchev–Trinajstić information content (AvgIpc) is 2.80. The molecule has 1 amide bonds. The molecule has 2 aromatic heterocycles. The van der Waals surface area contributed by atoms with E-state index in [-0.39, 0.29) is 0 Å². The zero-order valence-corrected chi connectivity index (χ0v) is 12.5. The van der Waals surface area contributed by atoms with Crippen LogP contribution in [0.5, 0.6) is 0 Å². The molecule has 0 aliphatic rings. The highest BCUT2D eigenvalue weighted by Crippen LogP contribution is 2.09. The van der Waals surface area contributed by atoms with Gasteiger partial charge in [-0.2, -0.15) is 5.10 Å². The summed E-state index contributed by atoms with van der Waals surface area (Å²) in [4.78, 5) is 15.7. The highest BCUT2D eigenvalue weighted by molar-refractivity contribution is 5.67. The smallest absolute Gasteiger partial charge is 0.407 e. The van der Waals surface area contributed by atoms with Crippen molar-refractivity contribution in [1.29, 1.82) is 0 Å². The molecule has 0 aliphatic heterocycles. The van der Waals surface area contributed by atoms with Crippen molar-refractivity contribution in [3.8, 4) is 0 Å². The minimum Gasteiger partial charge on any atom is -0.444 e. The Kier molecular flexibility index (Phi) is 4.57. The van der Waals surface area contributed by atoms with Crippen molar-refractivity contribution in [2.75, 3.05) is 6.54 Å². The van der Waals surface area contributed by atoms with E-state index in [0.717, 1.165) is 11.2 Å². The largest absolute Gasteiger partial charge is 0.444 e. The van der Waals surface area contributed by atoms with E-state index >= 15 is 0 Å². The lowest BCUT2D eigenvalue weighted by molar-refractivity contribution is 0.0529. The third-order valence-electron chi connectivity index (χ3n) is 2.58. The van der Waals surface area contributed by atoms with Crippen LogP contribution in [0.25, 0.3) is 11.7 Å². The maximum atomic E-state index is 11.4. The Morgan fingerprint density at radius 1 is 1.48 bits per heavy atom. The van der Waals surface area contributed by atoms with E-state index in [0.29, 0.717) is 13.0 Å². The van der Waals surface area contributed by atoms with Gasteiger partial charge in [-0.1, -0.05) is 12.2 Å². The first-order valence-corrected chi connectivity index (χ1v) is 6.87. The topological polar surface area (TPSA) is 68.5 Å². The second kappa shape index (κ2) is 6.39. The van der Waals surface area contributed by atoms with Crippen molar-refractivity contribution < 1.29 is 9.53 Å². The normalized spacial score (nSPS) is 12.0. The summed E-state index contributed by atoms with van der Waals surface area (Å²) in [6, 6.07) is 1.83. The number of fused-ring (bicyclic) bond motifs is 1. The second-order valence-corrected chi connectivity index (χ2v) is 5.61. The summed E-state index contributed by atoms with van der Waals surface area (Å²) < 4.78 is 6.87. The quantitative estimate of drug-likeness (QED) is 0.878. The monoisotopic (exact) mass is 288 g/mol. The van der Waals surface area contributed by atoms with E-state index < -0.39 is 11.7 Å². The lowest BCUT2D eigenvalue weighted by Gasteiger charge is -2.19. The molecule has 0 fully saturated rings. The highest BCUT2D eigenvalue weighted by atomic mass is 16.6. The molecular formula is C15H20N4O2. The number of rotatable bonds is 4. The summed E-state index contributed by atoms with van der Waals surface area (Å²) in [5, 5.41) is 6.91. The van der Waals surface area contributed by atoms with Crippen molar-refractivity contribution in [3.05, 3.63) is 36.3 Å². The predicted octanol–water partition coefficient (Wildman–Crippen LogP) is 2.66. The van der Waals surface area contributed by atoms with E-state index in [1.807, 2.05) is 45.2 Å². The third-order valence-corrected chi connectivity index (χ3v) is 2.58. The Labute approximate surface area is 123 Å². The number of carbonyl (C=O) groups excluding carboxylic acids is 1. The highest BCUT2D eigenvalue weighted by Gasteiger charge is 2.15. The molecule has 0 saturated carbocycles. The van der Waals surface area contributed by atoms with Gasteiger partial charge in [-0.05, 0) is 33.3 Å². The maximum absolute atomic E-state index is 11.4. The molecule has 0 atom stereocenters. The molecule has 0 bridgehead atoms. The van der Waals surface area contributed by atoms with Gasteiger partial charge in [0, 0.05) is 24.5 Å². The van der Waals surface area contributed by atoms with Crippen LogP contribution in [0.2, 0.25) is 0 Å². The van der Waals surface area contributed by atoms with Gasteiger partial charge in [0.15, 0.2) is 5.65 Å². The molecule has 0 radical (unpaired) electrons. The summed E-state index contributed by atoms with van der Waals surface area (Å²) in [6.07, 6.45) is 9.59. The van der Waals surface area contributed by atoms with Crippen LogP contribution in [-0.4, -0.2) is 32.8 Å². The van der Waals surface area contributed by atoms with Gasteiger partial charge in [0.2, 0.25) is 0 Å². The van der Waals surface area contributed by atoms with Crippen LogP contribution in [-0.2, 0) is 4.74 Å². The lowest BCUT2D eigenvalue weighted by atomic mass is 10.2. The van der Waals surface area contributed by atoms with E-state index in [1.54, 1.807) is 16.9 Å². The van der Waals surface area contributed by atoms with Crippen LogP contribution in [0.15, 0.2) is 30.7 Å². The SMILES string of the molecule is CC(C)(C)OC(=O)NCCC=Cc1cnn2cccnc12. The van der Waals surface area contributed by atoms with Crippen molar-refractivity contribution in [2.45, 2.75) is 32.8 Å². The summed E-state index contributed by atoms with van der Waals surface area (Å²) in [6.45, 7) is 6.04. The molecule has 6 nitrogen and oxygen atoms in total. The number of alkyl carbamates (subject to hydrolysis) is 1. The zero-order chi connectivity index (χ0) is 15.3. The van der Waals surface area contributed by atoms with Crippen molar-refractivity contribution in [2.24, 2.45) is 0 Å². The molecule has 0 unspecified atom stereocenters. The number of amides is 1. The van der Waals surface area contributed by atoms with Crippen LogP contribution in [0.1, 0.15) is 32.8 Å². The lowest BCUT2D eigenvalue weighted by Crippen LogP contribution is -2.32. The van der Waals surface area contributed by atoms with Crippen molar-refractivity contribution in [1.82, 2.24) is 19.9 Å². The molecular weight excluding hydrogens is 268 g/mol. The van der Waals surface area contributed by atoms with Crippen LogP contribution < -0.4 is 5.32 Å². The van der Waals surface area contributed by atoms with E-state index in [1.165, 1.54) is 0 Å². The Balaban J connectivity index is 1.80. The minimum absolute atomic E-state index is 0.395. The van der Waals surface area contributed by atoms with Gasteiger partial charge in [0.05, 0.1) is 6.20 Å². The van der Waals surface area contributed by atoms with Crippen LogP contribution in [0.4, 0.5) is 4.79 Å². The van der Waals surface area contributed by atoms with Crippen molar-refractivity contribution >= 4 is 17.8 Å². The van der Waals surface area contributed by atoms with Gasteiger partial charge in [0.25, 0.3) is 0 Å². The molecule has 2 heterocycles. The number of aromatic nitrogens is 3. The number of hydrogen-bond acceptors (Lipinski definition) is 4. The molecule has 1 N–H and O–H groups in total. The first-order valence-electron chi connectivity index (χ1n) is 6.87. The van der Waals surface area contributed by atoms with Gasteiger partial charge in [0.1, 0.15) is 5.60 Å². The molecule has 2 rings (SSSR count). The molecule has 112 valence electrons. The molecule has 0 aromatic carbocycles. The average molecular weight is 288 g/mol. The third kappa shape index (κ3) is 4.59. The van der Waals surface area contributed by atoms with Gasteiger partial charge in [-0.25, -0.2) is 14.3 Å². The molecule has 6 heteroatoms. The Hall–Kier alpha value is -2.37. The fourth-order valence-electron chi connectivity index (χ4n) is 1.75. The van der Waals surface area contributed by atoms with Gasteiger partial charge < -0.3 is 10.1 Å². The number of nitrogens with zero attached hydrogens (tertiary/aromatic N) is 3. The number of ether oxygens (including phenoxy) is 1. The summed E-state index contributed by atoms with van der Waals surface area (Å²) in [7, 11) is 0. The fourth-order valence-corrected chi connectivity index (χ4v) is 1.75. The molecule has 0 saturated heterocycles. The van der Waals surface area contributed by atoms with Gasteiger partial charge in [-0.3, -0.25) is 0 Å². The summed E-state index contributed by atoms with van der Waals surface area (Å²) in [5.41, 5.74) is 1.30. The standard InChI is InChI=1S/C15H20N4O2/c1-15(2,3)21-14(20)17-8-5-4-7-12-11-18-19-10-6-9-16-13(12)19/h4,6-7,9-11H,5,8H2,1-3H3,(H,17,20). The molecule has 21 heavy (non-hydrogen) atoms. The first-order chi connectivity index (χ1) is 9.96. The maximum Gasteiger partial charge on any atom is 0.407 e. The minimum atomic E-state index is -0.470. The fraction of sp³-hybridized carbons (Fsp3) is 0.400. The Morgan fingerprint density at radius 3 is 3.05 bits per heavy atom. The number of nitrogens with one attached hydrogen (secondary N) is 1. The van der Waals surface area contributed by atoms with Crippen LogP contribution in [0, 0.1) is 0 Å². The summed E-state index contributed by atoms with van der Waals surface area (Å²) >= 11 is 0. The van der Waals surface area contributed by atoms with E-state index in [4.69, 9.17) is 4.74 Å². The van der Waals surface area contributed by atoms with Crippen molar-refractivity contribution in [3.63, 3.8) is 0 Å². The van der Waals surface area contributed by atoms with E-state index in [2.05, 4.69) is 15.4 Å². The molecule has 0 aliphatic carbocycles. The Bertz CT molecular complexity index is 640. The number of carbonyl (C=O) groups is 1. The predicted molar refractivity (Wildman–Crippen MR) is 80.9 cm³/mol. The summed E-state index contributed by atoms with van der Waals surface area (Å²) in [5.74, 6) is 0. The Morgan fingerprint density at radius 2 is 2.29 bits per heavy atom.